The lowest BCUT2D eigenvalue weighted by atomic mass is 10.1. The molecule has 0 atom stereocenters. The fourth-order valence-corrected chi connectivity index (χ4v) is 2.63. The molecular formula is C16H20N2O2. The van der Waals surface area contributed by atoms with Crippen LogP contribution in [0.4, 0.5) is 0 Å². The van der Waals surface area contributed by atoms with Gasteiger partial charge in [-0.3, -0.25) is 0 Å². The quantitative estimate of drug-likeness (QED) is 0.928. The van der Waals surface area contributed by atoms with E-state index >= 15 is 0 Å². The van der Waals surface area contributed by atoms with Crippen molar-refractivity contribution in [2.24, 2.45) is 0 Å². The highest BCUT2D eigenvalue weighted by Gasteiger charge is 2.19. The largest absolute Gasteiger partial charge is 0.478 e. The molecule has 1 aromatic carbocycles. The zero-order valence-electron chi connectivity index (χ0n) is 12.6. The minimum absolute atomic E-state index is 0.0772. The standard InChI is InChI=1S/C16H20N2O2/c1-9(2)14-13(16(19)20)8-18(17-14)15-11(4)6-10(3)7-12(15)5/h6-9H,1-5H3,(H,19,20). The van der Waals surface area contributed by atoms with E-state index in [1.165, 1.54) is 5.56 Å². The van der Waals surface area contributed by atoms with Crippen LogP contribution in [0.5, 0.6) is 0 Å². The lowest BCUT2D eigenvalue weighted by molar-refractivity contribution is 0.0695. The second-order valence-electron chi connectivity index (χ2n) is 5.58. The molecule has 0 fully saturated rings. The van der Waals surface area contributed by atoms with Crippen molar-refractivity contribution in [1.29, 1.82) is 0 Å². The number of benzene rings is 1. The zero-order valence-corrected chi connectivity index (χ0v) is 12.6. The molecule has 106 valence electrons. The van der Waals surface area contributed by atoms with Gasteiger partial charge < -0.3 is 5.11 Å². The molecule has 1 aromatic heterocycles. The second-order valence-corrected chi connectivity index (χ2v) is 5.58. The Morgan fingerprint density at radius 1 is 1.20 bits per heavy atom. The summed E-state index contributed by atoms with van der Waals surface area (Å²) in [5, 5.41) is 13.8. The van der Waals surface area contributed by atoms with E-state index < -0.39 is 5.97 Å². The lowest BCUT2D eigenvalue weighted by Gasteiger charge is -2.11. The van der Waals surface area contributed by atoms with E-state index in [1.54, 1.807) is 10.9 Å². The number of hydrogen-bond acceptors (Lipinski definition) is 2. The molecule has 0 aliphatic heterocycles. The summed E-state index contributed by atoms with van der Waals surface area (Å²) in [4.78, 5) is 11.3. The number of aromatic carboxylic acids is 1. The fraction of sp³-hybridized carbons (Fsp3) is 0.375. The number of carboxylic acids is 1. The smallest absolute Gasteiger partial charge is 0.339 e. The van der Waals surface area contributed by atoms with Gasteiger partial charge in [0.2, 0.25) is 0 Å². The Labute approximate surface area is 119 Å². The maximum Gasteiger partial charge on any atom is 0.339 e. The molecule has 4 nitrogen and oxygen atoms in total. The van der Waals surface area contributed by atoms with Gasteiger partial charge in [-0.25, -0.2) is 9.48 Å². The molecule has 0 saturated heterocycles. The van der Waals surface area contributed by atoms with Gasteiger partial charge in [0.25, 0.3) is 0 Å². The molecule has 2 aromatic rings. The van der Waals surface area contributed by atoms with Crippen molar-refractivity contribution < 1.29 is 9.90 Å². The van der Waals surface area contributed by atoms with E-state index in [4.69, 9.17) is 0 Å². The summed E-state index contributed by atoms with van der Waals surface area (Å²) in [6, 6.07) is 4.17. The van der Waals surface area contributed by atoms with Crippen LogP contribution in [0.2, 0.25) is 0 Å². The molecule has 0 saturated carbocycles. The van der Waals surface area contributed by atoms with Crippen molar-refractivity contribution in [3.05, 3.63) is 46.3 Å². The van der Waals surface area contributed by atoms with Gasteiger partial charge in [-0.2, -0.15) is 5.10 Å². The molecule has 20 heavy (non-hydrogen) atoms. The molecule has 4 heteroatoms. The highest BCUT2D eigenvalue weighted by Crippen LogP contribution is 2.24. The van der Waals surface area contributed by atoms with Crippen molar-refractivity contribution in [2.45, 2.75) is 40.5 Å². The summed E-state index contributed by atoms with van der Waals surface area (Å²) in [5.74, 6) is -0.851. The Hall–Kier alpha value is -2.10. The molecule has 0 spiro atoms. The Kier molecular flexibility index (Phi) is 3.66. The average Bonchev–Trinajstić information content (AvgIpc) is 2.72. The topological polar surface area (TPSA) is 55.1 Å². The monoisotopic (exact) mass is 272 g/mol. The van der Waals surface area contributed by atoms with Crippen LogP contribution in [0.15, 0.2) is 18.3 Å². The third kappa shape index (κ3) is 2.46. The lowest BCUT2D eigenvalue weighted by Crippen LogP contribution is -2.03. The van der Waals surface area contributed by atoms with Crippen LogP contribution >= 0.6 is 0 Å². The molecule has 1 N–H and O–H groups in total. The predicted octanol–water partition coefficient (Wildman–Crippen LogP) is 3.62. The van der Waals surface area contributed by atoms with Crippen LogP contribution in [0.3, 0.4) is 0 Å². The predicted molar refractivity (Wildman–Crippen MR) is 78.8 cm³/mol. The van der Waals surface area contributed by atoms with Crippen LogP contribution < -0.4 is 0 Å². The van der Waals surface area contributed by atoms with E-state index in [9.17, 15) is 9.90 Å². The van der Waals surface area contributed by atoms with Gasteiger partial charge in [0.05, 0.1) is 11.4 Å². The van der Waals surface area contributed by atoms with Gasteiger partial charge in [-0.1, -0.05) is 31.5 Å². The first-order valence-corrected chi connectivity index (χ1v) is 6.72. The minimum atomic E-state index is -0.928. The number of rotatable bonds is 3. The molecule has 0 aliphatic carbocycles. The maximum absolute atomic E-state index is 11.3. The second kappa shape index (κ2) is 5.12. The van der Waals surface area contributed by atoms with Gasteiger partial charge in [0, 0.05) is 6.20 Å². The van der Waals surface area contributed by atoms with E-state index in [0.29, 0.717) is 5.69 Å². The minimum Gasteiger partial charge on any atom is -0.478 e. The third-order valence-electron chi connectivity index (χ3n) is 3.38. The molecule has 1 heterocycles. The zero-order chi connectivity index (χ0) is 15.0. The number of nitrogens with zero attached hydrogens (tertiary/aromatic N) is 2. The third-order valence-corrected chi connectivity index (χ3v) is 3.38. The summed E-state index contributed by atoms with van der Waals surface area (Å²) < 4.78 is 1.70. The summed E-state index contributed by atoms with van der Waals surface area (Å²) in [6.07, 6.45) is 1.61. The van der Waals surface area contributed by atoms with Crippen molar-refractivity contribution in [3.63, 3.8) is 0 Å². The first kappa shape index (κ1) is 14.3. The summed E-state index contributed by atoms with van der Waals surface area (Å²) >= 11 is 0. The highest BCUT2D eigenvalue weighted by atomic mass is 16.4. The number of aryl methyl sites for hydroxylation is 3. The Morgan fingerprint density at radius 2 is 1.75 bits per heavy atom. The van der Waals surface area contributed by atoms with Crippen molar-refractivity contribution in [3.8, 4) is 5.69 Å². The van der Waals surface area contributed by atoms with E-state index in [-0.39, 0.29) is 11.5 Å². The average molecular weight is 272 g/mol. The van der Waals surface area contributed by atoms with Crippen molar-refractivity contribution in [1.82, 2.24) is 9.78 Å². The molecule has 0 amide bonds. The Balaban J connectivity index is 2.66. The van der Waals surface area contributed by atoms with Gasteiger partial charge in [0.15, 0.2) is 0 Å². The van der Waals surface area contributed by atoms with Crippen LogP contribution in [0, 0.1) is 20.8 Å². The number of carboxylic acid groups (broad SMARTS) is 1. The molecule has 0 aliphatic rings. The Bertz CT molecular complexity index is 646. The van der Waals surface area contributed by atoms with Crippen LogP contribution in [-0.2, 0) is 0 Å². The van der Waals surface area contributed by atoms with Crippen LogP contribution in [0.1, 0.15) is 52.5 Å². The van der Waals surface area contributed by atoms with E-state index in [1.807, 2.05) is 27.7 Å². The molecule has 2 rings (SSSR count). The first-order chi connectivity index (χ1) is 9.31. The molecule has 0 bridgehead atoms. The summed E-state index contributed by atoms with van der Waals surface area (Å²) in [5.41, 5.74) is 5.24. The SMILES string of the molecule is Cc1cc(C)c(-n2cc(C(=O)O)c(C(C)C)n2)c(C)c1. The first-order valence-electron chi connectivity index (χ1n) is 6.72. The fourth-order valence-electron chi connectivity index (χ4n) is 2.63. The van der Waals surface area contributed by atoms with Crippen LogP contribution in [-0.4, -0.2) is 20.9 Å². The highest BCUT2D eigenvalue weighted by molar-refractivity contribution is 5.89. The summed E-state index contributed by atoms with van der Waals surface area (Å²) in [7, 11) is 0. The van der Waals surface area contributed by atoms with E-state index in [2.05, 4.69) is 24.2 Å². The van der Waals surface area contributed by atoms with Gasteiger partial charge in [0.1, 0.15) is 5.56 Å². The molecule has 0 radical (unpaired) electrons. The van der Waals surface area contributed by atoms with Gasteiger partial charge in [-0.05, 0) is 37.8 Å². The number of hydrogen-bond donors (Lipinski definition) is 1. The van der Waals surface area contributed by atoms with Crippen molar-refractivity contribution in [2.75, 3.05) is 0 Å². The maximum atomic E-state index is 11.3. The Morgan fingerprint density at radius 3 is 2.15 bits per heavy atom. The summed E-state index contributed by atoms with van der Waals surface area (Å²) in [6.45, 7) is 10.00. The van der Waals surface area contributed by atoms with E-state index in [0.717, 1.165) is 16.8 Å². The van der Waals surface area contributed by atoms with Crippen molar-refractivity contribution >= 4 is 5.97 Å². The van der Waals surface area contributed by atoms with Crippen LogP contribution in [0.25, 0.3) is 5.69 Å². The number of aromatic nitrogens is 2. The van der Waals surface area contributed by atoms with Gasteiger partial charge in [-0.15, -0.1) is 0 Å². The number of carbonyl (C=O) groups is 1. The molecule has 0 unspecified atom stereocenters. The molecular weight excluding hydrogens is 252 g/mol. The van der Waals surface area contributed by atoms with Gasteiger partial charge >= 0.3 is 5.97 Å². The normalized spacial score (nSPS) is 11.1.